The van der Waals surface area contributed by atoms with Gasteiger partial charge in [-0.15, -0.1) is 35.3 Å². The van der Waals surface area contributed by atoms with E-state index in [0.717, 1.165) is 35.0 Å². The third-order valence-corrected chi connectivity index (χ3v) is 5.61. The van der Waals surface area contributed by atoms with Gasteiger partial charge in [0, 0.05) is 41.7 Å². The third kappa shape index (κ3) is 5.55. The van der Waals surface area contributed by atoms with Crippen LogP contribution in [0.25, 0.3) is 0 Å². The lowest BCUT2D eigenvalue weighted by Gasteiger charge is -2.21. The van der Waals surface area contributed by atoms with Crippen LogP contribution in [0.15, 0.2) is 39.9 Å². The quantitative estimate of drug-likeness (QED) is 0.355. The van der Waals surface area contributed by atoms with Crippen molar-refractivity contribution in [3.05, 3.63) is 44.8 Å². The van der Waals surface area contributed by atoms with Crippen molar-refractivity contribution in [2.45, 2.75) is 25.9 Å². The van der Waals surface area contributed by atoms with E-state index >= 15 is 0 Å². The van der Waals surface area contributed by atoms with Gasteiger partial charge in [0.2, 0.25) is 0 Å². The summed E-state index contributed by atoms with van der Waals surface area (Å²) in [5, 5.41) is 7.95. The van der Waals surface area contributed by atoms with Crippen molar-refractivity contribution < 1.29 is 0 Å². The van der Waals surface area contributed by atoms with Gasteiger partial charge in [-0.1, -0.05) is 12.1 Å². The highest BCUT2D eigenvalue weighted by atomic mass is 127. The summed E-state index contributed by atoms with van der Waals surface area (Å²) in [6.45, 7) is 4.80. The van der Waals surface area contributed by atoms with Crippen molar-refractivity contribution in [1.29, 1.82) is 0 Å². The second-order valence-corrected chi connectivity index (χ2v) is 7.99. The largest absolute Gasteiger partial charge is 0.368 e. The molecule has 1 aromatic carbocycles. The van der Waals surface area contributed by atoms with Crippen LogP contribution in [0.4, 0.5) is 5.69 Å². The molecule has 0 spiro atoms. The minimum Gasteiger partial charge on any atom is -0.368 e. The minimum atomic E-state index is 0. The summed E-state index contributed by atoms with van der Waals surface area (Å²) in [4.78, 5) is 12.3. The van der Waals surface area contributed by atoms with Gasteiger partial charge < -0.3 is 15.5 Å². The number of benzene rings is 1. The third-order valence-electron chi connectivity index (χ3n) is 4.02. The molecule has 136 valence electrons. The number of rotatable bonds is 4. The van der Waals surface area contributed by atoms with Gasteiger partial charge >= 0.3 is 0 Å². The van der Waals surface area contributed by atoms with Gasteiger partial charge in [0.1, 0.15) is 5.01 Å². The van der Waals surface area contributed by atoms with E-state index in [1.165, 1.54) is 10.6 Å². The van der Waals surface area contributed by atoms with E-state index in [4.69, 9.17) is 0 Å². The molecular formula is C17H23BrIN5S. The van der Waals surface area contributed by atoms with Crippen molar-refractivity contribution in [1.82, 2.24) is 15.6 Å². The highest BCUT2D eigenvalue weighted by Crippen LogP contribution is 2.28. The smallest absolute Gasteiger partial charge is 0.191 e. The van der Waals surface area contributed by atoms with Gasteiger partial charge in [-0.25, -0.2) is 4.98 Å². The number of thiazole rings is 1. The molecule has 1 aliphatic heterocycles. The Morgan fingerprint density at radius 3 is 2.92 bits per heavy atom. The van der Waals surface area contributed by atoms with Gasteiger partial charge in [-0.2, -0.15) is 0 Å². The molecule has 1 aliphatic rings. The topological polar surface area (TPSA) is 52.6 Å². The number of hydrogen-bond acceptors (Lipinski definition) is 4. The van der Waals surface area contributed by atoms with Crippen LogP contribution < -0.4 is 15.5 Å². The van der Waals surface area contributed by atoms with Crippen molar-refractivity contribution in [2.75, 3.05) is 25.0 Å². The molecular weight excluding hydrogens is 513 g/mol. The lowest BCUT2D eigenvalue weighted by Crippen LogP contribution is -2.44. The number of aryl methyl sites for hydroxylation is 1. The fraction of sp³-hybridized carbons (Fsp3) is 0.412. The average molecular weight is 536 g/mol. The van der Waals surface area contributed by atoms with Crippen LogP contribution in [0.2, 0.25) is 0 Å². The van der Waals surface area contributed by atoms with Gasteiger partial charge in [0.05, 0.1) is 12.2 Å². The van der Waals surface area contributed by atoms with Crippen molar-refractivity contribution in [3.8, 4) is 0 Å². The zero-order chi connectivity index (χ0) is 16.9. The highest BCUT2D eigenvalue weighted by Gasteiger charge is 2.24. The van der Waals surface area contributed by atoms with Crippen LogP contribution in [-0.2, 0) is 6.54 Å². The number of halogens is 2. The molecule has 0 radical (unpaired) electrons. The first-order valence-electron chi connectivity index (χ1n) is 8.03. The second kappa shape index (κ2) is 9.72. The number of anilines is 1. The zero-order valence-electron chi connectivity index (χ0n) is 14.3. The van der Waals surface area contributed by atoms with Crippen LogP contribution in [0.5, 0.6) is 0 Å². The fourth-order valence-corrected chi connectivity index (χ4v) is 4.10. The second-order valence-electron chi connectivity index (χ2n) is 5.82. The molecule has 2 aromatic rings. The summed E-state index contributed by atoms with van der Waals surface area (Å²) >= 11 is 5.35. The van der Waals surface area contributed by atoms with Gasteiger partial charge in [0.15, 0.2) is 5.96 Å². The number of para-hydroxylation sites is 1. The predicted octanol–water partition coefficient (Wildman–Crippen LogP) is 3.78. The number of guanidine groups is 1. The summed E-state index contributed by atoms with van der Waals surface area (Å²) < 4.78 is 1.15. The number of aliphatic imine (C=N–C) groups is 1. The maximum atomic E-state index is 4.38. The van der Waals surface area contributed by atoms with Crippen LogP contribution in [0.3, 0.4) is 0 Å². The molecule has 2 N–H and O–H groups in total. The SMILES string of the molecule is CN=C(NCc1ncc(C)s1)NC1CCN(c2ccccc2Br)C1.I. The molecule has 3 rings (SSSR count). The van der Waals surface area contributed by atoms with Gasteiger partial charge in [-0.3, -0.25) is 4.99 Å². The summed E-state index contributed by atoms with van der Waals surface area (Å²) in [7, 11) is 1.81. The Morgan fingerprint density at radius 1 is 1.44 bits per heavy atom. The van der Waals surface area contributed by atoms with Crippen LogP contribution in [0.1, 0.15) is 16.3 Å². The molecule has 1 aromatic heterocycles. The van der Waals surface area contributed by atoms with Crippen LogP contribution in [-0.4, -0.2) is 37.1 Å². The highest BCUT2D eigenvalue weighted by molar-refractivity contribution is 14.0. The zero-order valence-corrected chi connectivity index (χ0v) is 19.1. The monoisotopic (exact) mass is 535 g/mol. The molecule has 2 heterocycles. The Morgan fingerprint density at radius 2 is 2.24 bits per heavy atom. The summed E-state index contributed by atoms with van der Waals surface area (Å²) in [6, 6.07) is 8.76. The fourth-order valence-electron chi connectivity index (χ4n) is 2.84. The Labute approximate surface area is 178 Å². The van der Waals surface area contributed by atoms with E-state index in [1.807, 2.05) is 19.3 Å². The standard InChI is InChI=1S/C17H22BrN5S.HI/c1-12-9-20-16(24-12)10-21-17(19-2)22-13-7-8-23(11-13)15-6-4-3-5-14(15)18;/h3-6,9,13H,7-8,10-11H2,1-2H3,(H2,19,21,22);1H. The number of aromatic nitrogens is 1. The molecule has 1 atom stereocenters. The van der Waals surface area contributed by atoms with E-state index in [0.29, 0.717) is 12.6 Å². The summed E-state index contributed by atoms with van der Waals surface area (Å²) in [6.07, 6.45) is 3.00. The maximum absolute atomic E-state index is 4.38. The van der Waals surface area contributed by atoms with E-state index in [2.05, 4.69) is 66.6 Å². The molecule has 0 saturated carbocycles. The lowest BCUT2D eigenvalue weighted by atomic mass is 10.3. The summed E-state index contributed by atoms with van der Waals surface area (Å²) in [5.41, 5.74) is 1.25. The normalized spacial score (nSPS) is 17.3. The van der Waals surface area contributed by atoms with E-state index < -0.39 is 0 Å². The Bertz CT molecular complexity index is 721. The molecule has 1 fully saturated rings. The van der Waals surface area contributed by atoms with Crippen LogP contribution in [0, 0.1) is 6.92 Å². The first kappa shape index (κ1) is 20.4. The Balaban J connectivity index is 0.00000225. The number of hydrogen-bond donors (Lipinski definition) is 2. The molecule has 0 amide bonds. The molecule has 8 heteroatoms. The molecule has 1 unspecified atom stereocenters. The van der Waals surface area contributed by atoms with E-state index in [-0.39, 0.29) is 24.0 Å². The summed E-state index contributed by atoms with van der Waals surface area (Å²) in [5.74, 6) is 0.835. The minimum absolute atomic E-state index is 0. The van der Waals surface area contributed by atoms with Crippen LogP contribution >= 0.6 is 51.2 Å². The average Bonchev–Trinajstić information content (AvgIpc) is 3.21. The molecule has 0 aliphatic carbocycles. The first-order valence-corrected chi connectivity index (χ1v) is 9.64. The number of nitrogens with one attached hydrogen (secondary N) is 2. The van der Waals surface area contributed by atoms with Crippen molar-refractivity contribution >= 4 is 62.9 Å². The molecule has 5 nitrogen and oxygen atoms in total. The lowest BCUT2D eigenvalue weighted by molar-refractivity contribution is 0.648. The maximum Gasteiger partial charge on any atom is 0.191 e. The first-order chi connectivity index (χ1) is 11.7. The van der Waals surface area contributed by atoms with Gasteiger partial charge in [0.25, 0.3) is 0 Å². The van der Waals surface area contributed by atoms with Crippen molar-refractivity contribution in [3.63, 3.8) is 0 Å². The Hall–Kier alpha value is -0.870. The van der Waals surface area contributed by atoms with E-state index in [9.17, 15) is 0 Å². The molecule has 1 saturated heterocycles. The molecule has 25 heavy (non-hydrogen) atoms. The van der Waals surface area contributed by atoms with Crippen molar-refractivity contribution in [2.24, 2.45) is 4.99 Å². The van der Waals surface area contributed by atoms with Gasteiger partial charge in [-0.05, 0) is 41.4 Å². The Kier molecular flexibility index (Phi) is 7.95. The predicted molar refractivity (Wildman–Crippen MR) is 120 cm³/mol. The van der Waals surface area contributed by atoms with E-state index in [1.54, 1.807) is 11.3 Å². The molecule has 0 bridgehead atoms. The number of nitrogens with zero attached hydrogens (tertiary/aromatic N) is 3.